The molecule has 0 bridgehead atoms. The highest BCUT2D eigenvalue weighted by Gasteiger charge is 2.37. The number of nitrogens with two attached hydrogens (primary N) is 1. The quantitative estimate of drug-likeness (QED) is 0.766. The van der Waals surface area contributed by atoms with Crippen LogP contribution in [0, 0.1) is 11.8 Å². The van der Waals surface area contributed by atoms with Crippen LogP contribution >= 0.6 is 0 Å². The topological polar surface area (TPSA) is 60.2 Å². The Morgan fingerprint density at radius 1 is 0.920 bits per heavy atom. The summed E-state index contributed by atoms with van der Waals surface area (Å²) in [5, 5.41) is 0. The average molecular weight is 349 g/mol. The maximum Gasteiger partial charge on any atom is 0.203 e. The third kappa shape index (κ3) is 4.19. The third-order valence-electron chi connectivity index (χ3n) is 5.51. The van der Waals surface area contributed by atoms with E-state index in [-0.39, 0.29) is 0 Å². The Morgan fingerprint density at radius 3 is 2.16 bits per heavy atom. The predicted molar refractivity (Wildman–Crippen MR) is 98.5 cm³/mol. The summed E-state index contributed by atoms with van der Waals surface area (Å²) in [6, 6.07) is 4.02. The number of benzene rings is 1. The molecule has 0 amide bonds. The van der Waals surface area contributed by atoms with Crippen LogP contribution in [0.5, 0.6) is 17.2 Å². The summed E-state index contributed by atoms with van der Waals surface area (Å²) < 4.78 is 16.5. The zero-order valence-electron chi connectivity index (χ0n) is 15.7. The molecule has 140 valence electrons. The molecule has 2 unspecified atom stereocenters. The number of nitrogens with zero attached hydrogens (tertiary/aromatic N) is 2. The van der Waals surface area contributed by atoms with E-state index in [1.54, 1.807) is 21.3 Å². The Kier molecular flexibility index (Phi) is 6.04. The SMILES string of the molecule is COc1ccc(CN2CCN(CC3CC3CN)CC2)c(OC)c1OC. The van der Waals surface area contributed by atoms with E-state index in [2.05, 4.69) is 15.9 Å². The Bertz CT molecular complexity index is 573. The molecule has 1 aliphatic heterocycles. The molecule has 2 fully saturated rings. The molecule has 25 heavy (non-hydrogen) atoms. The van der Waals surface area contributed by atoms with Gasteiger partial charge in [0, 0.05) is 44.8 Å². The lowest BCUT2D eigenvalue weighted by atomic mass is 10.1. The predicted octanol–water partition coefficient (Wildman–Crippen LogP) is 1.42. The van der Waals surface area contributed by atoms with Crippen molar-refractivity contribution in [2.45, 2.75) is 13.0 Å². The molecular formula is C19H31N3O3. The smallest absolute Gasteiger partial charge is 0.203 e. The van der Waals surface area contributed by atoms with E-state index in [0.717, 1.165) is 62.4 Å². The summed E-state index contributed by atoms with van der Waals surface area (Å²) in [7, 11) is 4.98. The fourth-order valence-corrected chi connectivity index (χ4v) is 3.81. The van der Waals surface area contributed by atoms with Crippen LogP contribution in [0.25, 0.3) is 0 Å². The van der Waals surface area contributed by atoms with Gasteiger partial charge in [-0.1, -0.05) is 6.07 Å². The molecule has 1 saturated heterocycles. The van der Waals surface area contributed by atoms with Gasteiger partial charge in [-0.15, -0.1) is 0 Å². The lowest BCUT2D eigenvalue weighted by Crippen LogP contribution is -2.46. The van der Waals surface area contributed by atoms with E-state index < -0.39 is 0 Å². The first kappa shape index (κ1) is 18.3. The standard InChI is InChI=1S/C19H31N3O3/c1-23-17-5-4-14(18(24-2)19(17)25-3)12-21-6-8-22(9-7-21)13-16-10-15(16)11-20/h4-5,15-16H,6-13,20H2,1-3H3. The molecule has 0 radical (unpaired) electrons. The maximum absolute atomic E-state index is 5.75. The number of ether oxygens (including phenoxy) is 3. The average Bonchev–Trinajstić information content (AvgIpc) is 3.40. The molecule has 2 N–H and O–H groups in total. The number of piperazine rings is 1. The van der Waals surface area contributed by atoms with E-state index >= 15 is 0 Å². The van der Waals surface area contributed by atoms with Crippen LogP contribution in [-0.4, -0.2) is 70.4 Å². The van der Waals surface area contributed by atoms with Crippen molar-refractivity contribution in [1.82, 2.24) is 9.80 Å². The molecule has 2 atom stereocenters. The highest BCUT2D eigenvalue weighted by atomic mass is 16.5. The zero-order valence-corrected chi connectivity index (χ0v) is 15.7. The summed E-state index contributed by atoms with van der Waals surface area (Å²) in [6.45, 7) is 7.35. The van der Waals surface area contributed by atoms with E-state index in [0.29, 0.717) is 11.5 Å². The molecule has 3 rings (SSSR count). The Morgan fingerprint density at radius 2 is 1.60 bits per heavy atom. The van der Waals surface area contributed by atoms with Crippen LogP contribution in [0.3, 0.4) is 0 Å². The summed E-state index contributed by atoms with van der Waals surface area (Å²) in [4.78, 5) is 5.07. The van der Waals surface area contributed by atoms with E-state index in [1.807, 2.05) is 6.07 Å². The first-order valence-electron chi connectivity index (χ1n) is 9.12. The third-order valence-corrected chi connectivity index (χ3v) is 5.51. The van der Waals surface area contributed by atoms with Crippen molar-refractivity contribution in [3.8, 4) is 17.2 Å². The van der Waals surface area contributed by atoms with Gasteiger partial charge in [0.05, 0.1) is 21.3 Å². The number of methoxy groups -OCH3 is 3. The monoisotopic (exact) mass is 349 g/mol. The summed E-state index contributed by atoms with van der Waals surface area (Å²) in [5.41, 5.74) is 6.89. The van der Waals surface area contributed by atoms with Crippen molar-refractivity contribution in [2.24, 2.45) is 17.6 Å². The van der Waals surface area contributed by atoms with E-state index in [9.17, 15) is 0 Å². The van der Waals surface area contributed by atoms with E-state index in [4.69, 9.17) is 19.9 Å². The van der Waals surface area contributed by atoms with Crippen LogP contribution in [0.4, 0.5) is 0 Å². The summed E-state index contributed by atoms with van der Waals surface area (Å²) >= 11 is 0. The molecular weight excluding hydrogens is 318 g/mol. The second kappa shape index (κ2) is 8.25. The molecule has 1 saturated carbocycles. The Balaban J connectivity index is 1.56. The molecule has 1 heterocycles. The lowest BCUT2D eigenvalue weighted by molar-refractivity contribution is 0.121. The highest BCUT2D eigenvalue weighted by molar-refractivity contribution is 5.55. The summed E-state index contributed by atoms with van der Waals surface area (Å²) in [5.74, 6) is 3.75. The second-order valence-electron chi connectivity index (χ2n) is 7.06. The van der Waals surface area contributed by atoms with Crippen molar-refractivity contribution in [3.05, 3.63) is 17.7 Å². The first-order chi connectivity index (χ1) is 12.2. The van der Waals surface area contributed by atoms with Crippen LogP contribution in [-0.2, 0) is 6.54 Å². The zero-order chi connectivity index (χ0) is 17.8. The summed E-state index contributed by atoms with van der Waals surface area (Å²) in [6.07, 6.45) is 1.32. The molecule has 2 aliphatic rings. The molecule has 0 aromatic heterocycles. The normalized spacial score (nSPS) is 24.2. The Labute approximate surface area is 150 Å². The minimum Gasteiger partial charge on any atom is -0.493 e. The van der Waals surface area contributed by atoms with Crippen molar-refractivity contribution in [2.75, 3.05) is 60.6 Å². The largest absolute Gasteiger partial charge is 0.493 e. The fraction of sp³-hybridized carbons (Fsp3) is 0.684. The molecule has 6 heteroatoms. The van der Waals surface area contributed by atoms with Crippen molar-refractivity contribution in [1.29, 1.82) is 0 Å². The van der Waals surface area contributed by atoms with E-state index in [1.165, 1.54) is 13.0 Å². The second-order valence-corrected chi connectivity index (χ2v) is 7.06. The molecule has 0 spiro atoms. The fourth-order valence-electron chi connectivity index (χ4n) is 3.81. The maximum atomic E-state index is 5.75. The minimum absolute atomic E-state index is 0.669. The minimum atomic E-state index is 0.669. The van der Waals surface area contributed by atoms with Gasteiger partial charge in [0.15, 0.2) is 11.5 Å². The van der Waals surface area contributed by atoms with Gasteiger partial charge >= 0.3 is 0 Å². The van der Waals surface area contributed by atoms with Gasteiger partial charge in [-0.2, -0.15) is 0 Å². The van der Waals surface area contributed by atoms with Gasteiger partial charge in [-0.25, -0.2) is 0 Å². The van der Waals surface area contributed by atoms with Crippen LogP contribution in [0.2, 0.25) is 0 Å². The van der Waals surface area contributed by atoms with Gasteiger partial charge in [-0.3, -0.25) is 4.90 Å². The van der Waals surface area contributed by atoms with Crippen molar-refractivity contribution in [3.63, 3.8) is 0 Å². The molecule has 1 aromatic rings. The number of hydrogen-bond acceptors (Lipinski definition) is 6. The molecule has 1 aliphatic carbocycles. The van der Waals surface area contributed by atoms with Gasteiger partial charge in [0.1, 0.15) is 0 Å². The first-order valence-corrected chi connectivity index (χ1v) is 9.12. The lowest BCUT2D eigenvalue weighted by Gasteiger charge is -2.35. The van der Waals surface area contributed by atoms with Crippen molar-refractivity contribution >= 4 is 0 Å². The highest BCUT2D eigenvalue weighted by Crippen LogP contribution is 2.40. The van der Waals surface area contributed by atoms with Gasteiger partial charge in [0.2, 0.25) is 5.75 Å². The van der Waals surface area contributed by atoms with Crippen LogP contribution in [0.15, 0.2) is 12.1 Å². The molecule has 6 nitrogen and oxygen atoms in total. The van der Waals surface area contributed by atoms with Crippen LogP contribution < -0.4 is 19.9 Å². The van der Waals surface area contributed by atoms with Gasteiger partial charge in [0.25, 0.3) is 0 Å². The Hall–Kier alpha value is -1.50. The van der Waals surface area contributed by atoms with Gasteiger partial charge in [-0.05, 0) is 30.9 Å². The van der Waals surface area contributed by atoms with Gasteiger partial charge < -0.3 is 24.8 Å². The number of rotatable bonds is 8. The number of hydrogen-bond donors (Lipinski definition) is 1. The van der Waals surface area contributed by atoms with Crippen molar-refractivity contribution < 1.29 is 14.2 Å². The molecule has 1 aromatic carbocycles. The van der Waals surface area contributed by atoms with Crippen LogP contribution in [0.1, 0.15) is 12.0 Å².